The number of hydrogen-bond donors (Lipinski definition) is 1. The number of carbonyl (C=O) groups is 1. The Morgan fingerprint density at radius 2 is 1.96 bits per heavy atom. The Morgan fingerprint density at radius 3 is 2.58 bits per heavy atom. The molecule has 0 saturated carbocycles. The Hall–Kier alpha value is -1.77. The van der Waals surface area contributed by atoms with Gasteiger partial charge in [-0.05, 0) is 13.8 Å². The molecule has 1 N–H and O–H groups in total. The molecule has 1 saturated heterocycles. The molecule has 0 spiro atoms. The molecule has 2 aromatic rings. The molecule has 8 heteroatoms. The van der Waals surface area contributed by atoms with Crippen LogP contribution in [-0.4, -0.2) is 69.5 Å². The molecule has 0 unspecified atom stereocenters. The molecule has 3 heterocycles. The number of hydrogen-bond acceptors (Lipinski definition) is 6. The van der Waals surface area contributed by atoms with Crippen molar-refractivity contribution in [2.45, 2.75) is 20.4 Å². The van der Waals surface area contributed by atoms with Crippen LogP contribution >= 0.6 is 11.3 Å². The third kappa shape index (κ3) is 4.62. The van der Waals surface area contributed by atoms with E-state index in [0.29, 0.717) is 11.7 Å². The molecule has 0 bridgehead atoms. The number of rotatable bonds is 6. The van der Waals surface area contributed by atoms with Crippen LogP contribution in [0.1, 0.15) is 11.5 Å². The van der Waals surface area contributed by atoms with Crippen LogP contribution in [0.4, 0.5) is 5.13 Å². The first-order valence-electron chi connectivity index (χ1n) is 8.24. The van der Waals surface area contributed by atoms with Gasteiger partial charge in [0.2, 0.25) is 5.91 Å². The fourth-order valence-corrected chi connectivity index (χ4v) is 3.54. The highest BCUT2D eigenvalue weighted by molar-refractivity contribution is 7.13. The molecule has 0 atom stereocenters. The lowest BCUT2D eigenvalue weighted by Crippen LogP contribution is -2.49. The van der Waals surface area contributed by atoms with Gasteiger partial charge >= 0.3 is 0 Å². The van der Waals surface area contributed by atoms with Crippen LogP contribution < -0.4 is 5.32 Å². The number of aromatic nitrogens is 3. The minimum Gasteiger partial charge on any atom is -0.334 e. The number of carbonyl (C=O) groups excluding carboxylic acids is 1. The molecule has 24 heavy (non-hydrogen) atoms. The molecule has 0 aromatic carbocycles. The summed E-state index contributed by atoms with van der Waals surface area (Å²) in [6.07, 6.45) is 3.87. The third-order valence-electron chi connectivity index (χ3n) is 4.28. The number of amides is 1. The monoisotopic (exact) mass is 348 g/mol. The molecule has 130 valence electrons. The predicted octanol–water partition coefficient (Wildman–Crippen LogP) is 1.21. The minimum atomic E-state index is 0.0202. The number of imidazole rings is 1. The molecule has 1 fully saturated rings. The van der Waals surface area contributed by atoms with Crippen LogP contribution in [0.15, 0.2) is 17.8 Å². The van der Waals surface area contributed by atoms with E-state index in [1.807, 2.05) is 31.6 Å². The summed E-state index contributed by atoms with van der Waals surface area (Å²) < 4.78 is 2.18. The minimum absolute atomic E-state index is 0.0202. The Kier molecular flexibility index (Phi) is 5.60. The van der Waals surface area contributed by atoms with E-state index >= 15 is 0 Å². The van der Waals surface area contributed by atoms with Crippen molar-refractivity contribution in [2.24, 2.45) is 0 Å². The van der Waals surface area contributed by atoms with Crippen molar-refractivity contribution in [3.8, 4) is 0 Å². The first-order chi connectivity index (χ1) is 11.6. The summed E-state index contributed by atoms with van der Waals surface area (Å²) in [5, 5.41) is 5.50. The number of nitrogens with one attached hydrogen (secondary N) is 1. The van der Waals surface area contributed by atoms with Crippen LogP contribution in [0.25, 0.3) is 0 Å². The largest absolute Gasteiger partial charge is 0.334 e. The van der Waals surface area contributed by atoms with E-state index in [2.05, 4.69) is 29.7 Å². The van der Waals surface area contributed by atoms with Crippen molar-refractivity contribution in [1.29, 1.82) is 0 Å². The average Bonchev–Trinajstić information content (AvgIpc) is 3.15. The van der Waals surface area contributed by atoms with Crippen molar-refractivity contribution in [3.05, 3.63) is 29.3 Å². The SMILES string of the molecule is Cc1csc(NC(=O)CN2CCN(CCn3ccnc3C)CC2)n1. The highest BCUT2D eigenvalue weighted by Crippen LogP contribution is 2.14. The summed E-state index contributed by atoms with van der Waals surface area (Å²) in [5.74, 6) is 1.08. The molecule has 1 amide bonds. The van der Waals surface area contributed by atoms with Crippen LogP contribution in [0.2, 0.25) is 0 Å². The smallest absolute Gasteiger partial charge is 0.240 e. The fourth-order valence-electron chi connectivity index (χ4n) is 2.83. The van der Waals surface area contributed by atoms with Gasteiger partial charge in [0.05, 0.1) is 12.2 Å². The Balaban J connectivity index is 1.37. The van der Waals surface area contributed by atoms with Crippen LogP contribution in [0.3, 0.4) is 0 Å². The van der Waals surface area contributed by atoms with E-state index in [4.69, 9.17) is 0 Å². The Bertz CT molecular complexity index is 674. The first kappa shape index (κ1) is 17.1. The predicted molar refractivity (Wildman–Crippen MR) is 95.3 cm³/mol. The second kappa shape index (κ2) is 7.87. The normalized spacial score (nSPS) is 16.4. The van der Waals surface area contributed by atoms with Crippen molar-refractivity contribution in [3.63, 3.8) is 0 Å². The Morgan fingerprint density at radius 1 is 1.21 bits per heavy atom. The molecule has 0 radical (unpaired) electrons. The van der Waals surface area contributed by atoms with E-state index in [1.54, 1.807) is 0 Å². The van der Waals surface area contributed by atoms with Crippen molar-refractivity contribution < 1.29 is 4.79 Å². The topological polar surface area (TPSA) is 66.3 Å². The van der Waals surface area contributed by atoms with E-state index in [-0.39, 0.29) is 5.91 Å². The molecule has 1 aliphatic heterocycles. The van der Waals surface area contributed by atoms with Gasteiger partial charge in [0.25, 0.3) is 0 Å². The van der Waals surface area contributed by atoms with Gasteiger partial charge in [-0.1, -0.05) is 0 Å². The average molecular weight is 348 g/mol. The quantitative estimate of drug-likeness (QED) is 0.850. The maximum atomic E-state index is 12.1. The fraction of sp³-hybridized carbons (Fsp3) is 0.562. The van der Waals surface area contributed by atoms with Crippen molar-refractivity contribution in [2.75, 3.05) is 44.6 Å². The molecular weight excluding hydrogens is 324 g/mol. The molecule has 3 rings (SSSR count). The van der Waals surface area contributed by atoms with E-state index in [0.717, 1.165) is 50.8 Å². The number of piperazine rings is 1. The van der Waals surface area contributed by atoms with Crippen LogP contribution in [-0.2, 0) is 11.3 Å². The molecule has 2 aromatic heterocycles. The maximum Gasteiger partial charge on any atom is 0.240 e. The van der Waals surface area contributed by atoms with E-state index < -0.39 is 0 Å². The Labute approximate surface area is 146 Å². The van der Waals surface area contributed by atoms with Crippen LogP contribution in [0, 0.1) is 13.8 Å². The van der Waals surface area contributed by atoms with E-state index in [9.17, 15) is 4.79 Å². The zero-order valence-electron chi connectivity index (χ0n) is 14.2. The van der Waals surface area contributed by atoms with Gasteiger partial charge in [-0.25, -0.2) is 9.97 Å². The van der Waals surface area contributed by atoms with Gasteiger partial charge in [-0.15, -0.1) is 11.3 Å². The standard InChI is InChI=1S/C16H24N6OS/c1-13-12-24-16(18-13)19-15(23)11-21-7-5-20(6-8-21)9-10-22-4-3-17-14(22)2/h3-4,12H,5-11H2,1-2H3,(H,18,19,23). The molecular formula is C16H24N6OS. The number of nitrogens with zero attached hydrogens (tertiary/aromatic N) is 5. The zero-order chi connectivity index (χ0) is 16.9. The zero-order valence-corrected chi connectivity index (χ0v) is 15.1. The van der Waals surface area contributed by atoms with Gasteiger partial charge in [0, 0.05) is 57.0 Å². The number of anilines is 1. The lowest BCUT2D eigenvalue weighted by atomic mass is 10.3. The maximum absolute atomic E-state index is 12.1. The van der Waals surface area contributed by atoms with Crippen molar-refractivity contribution >= 4 is 22.4 Å². The highest BCUT2D eigenvalue weighted by atomic mass is 32.1. The second-order valence-electron chi connectivity index (χ2n) is 6.13. The molecule has 7 nitrogen and oxygen atoms in total. The lowest BCUT2D eigenvalue weighted by Gasteiger charge is -2.34. The number of thiazole rings is 1. The summed E-state index contributed by atoms with van der Waals surface area (Å²) in [6, 6.07) is 0. The first-order valence-corrected chi connectivity index (χ1v) is 9.12. The molecule has 0 aliphatic carbocycles. The van der Waals surface area contributed by atoms with Gasteiger partial charge < -0.3 is 9.88 Å². The van der Waals surface area contributed by atoms with Gasteiger partial charge in [-0.3, -0.25) is 14.6 Å². The van der Waals surface area contributed by atoms with Gasteiger partial charge in [0.15, 0.2) is 5.13 Å². The summed E-state index contributed by atoms with van der Waals surface area (Å²) in [5.41, 5.74) is 0.942. The lowest BCUT2D eigenvalue weighted by molar-refractivity contribution is -0.117. The summed E-state index contributed by atoms with van der Waals surface area (Å²) in [7, 11) is 0. The third-order valence-corrected chi connectivity index (χ3v) is 5.15. The highest BCUT2D eigenvalue weighted by Gasteiger charge is 2.19. The summed E-state index contributed by atoms with van der Waals surface area (Å²) in [4.78, 5) is 25.2. The van der Waals surface area contributed by atoms with Crippen LogP contribution in [0.5, 0.6) is 0 Å². The second-order valence-corrected chi connectivity index (χ2v) is 6.99. The van der Waals surface area contributed by atoms with Gasteiger partial charge in [0.1, 0.15) is 5.82 Å². The summed E-state index contributed by atoms with van der Waals surface area (Å²) >= 11 is 1.47. The van der Waals surface area contributed by atoms with Crippen molar-refractivity contribution in [1.82, 2.24) is 24.3 Å². The van der Waals surface area contributed by atoms with E-state index in [1.165, 1.54) is 11.3 Å². The van der Waals surface area contributed by atoms with Gasteiger partial charge in [-0.2, -0.15) is 0 Å². The molecule has 1 aliphatic rings. The number of aryl methyl sites for hydroxylation is 2. The summed E-state index contributed by atoms with van der Waals surface area (Å²) in [6.45, 7) is 10.2.